The second kappa shape index (κ2) is 5.24. The Balaban J connectivity index is 2.01. The normalized spacial score (nSPS) is 22.1. The molecular weight excluding hydrogens is 186 g/mol. The van der Waals surface area contributed by atoms with Crippen molar-refractivity contribution in [3.05, 3.63) is 30.1 Å². The topological polar surface area (TPSA) is 42.1 Å². The lowest BCUT2D eigenvalue weighted by Gasteiger charge is -2.24. The molecule has 0 saturated carbocycles. The van der Waals surface area contributed by atoms with Gasteiger partial charge in [-0.3, -0.25) is 9.88 Å². The van der Waals surface area contributed by atoms with E-state index in [4.69, 9.17) is 5.73 Å². The summed E-state index contributed by atoms with van der Waals surface area (Å²) in [7, 11) is 0. The lowest BCUT2D eigenvalue weighted by Crippen LogP contribution is -2.26. The quantitative estimate of drug-likeness (QED) is 0.811. The molecule has 2 heterocycles. The van der Waals surface area contributed by atoms with Crippen LogP contribution in [0, 0.1) is 0 Å². The maximum atomic E-state index is 5.55. The van der Waals surface area contributed by atoms with Gasteiger partial charge in [-0.25, -0.2) is 0 Å². The van der Waals surface area contributed by atoms with Crippen LogP contribution in [-0.4, -0.2) is 29.5 Å². The predicted octanol–water partition coefficient (Wildman–Crippen LogP) is 1.57. The van der Waals surface area contributed by atoms with E-state index in [1.807, 2.05) is 18.5 Å². The SMILES string of the molecule is NCCCN1CCC[C@H]1c1cccnc1. The molecule has 2 rings (SSSR count). The van der Waals surface area contributed by atoms with Crippen LogP contribution in [0.2, 0.25) is 0 Å². The standard InChI is InChI=1S/C12H19N3/c13-6-3-9-15-8-2-5-12(15)11-4-1-7-14-10-11/h1,4,7,10,12H,2-3,5-6,8-9,13H2/t12-/m0/s1. The molecular formula is C12H19N3. The van der Waals surface area contributed by atoms with Crippen LogP contribution >= 0.6 is 0 Å². The summed E-state index contributed by atoms with van der Waals surface area (Å²) in [5.41, 5.74) is 6.91. The monoisotopic (exact) mass is 205 g/mol. The van der Waals surface area contributed by atoms with Crippen LogP contribution in [-0.2, 0) is 0 Å². The number of aromatic nitrogens is 1. The molecule has 82 valence electrons. The number of hydrogen-bond donors (Lipinski definition) is 1. The zero-order chi connectivity index (χ0) is 10.5. The molecule has 15 heavy (non-hydrogen) atoms. The Morgan fingerprint density at radius 2 is 2.47 bits per heavy atom. The van der Waals surface area contributed by atoms with Crippen molar-refractivity contribution in [1.82, 2.24) is 9.88 Å². The highest BCUT2D eigenvalue weighted by molar-refractivity contribution is 5.15. The molecule has 0 radical (unpaired) electrons. The molecule has 1 aliphatic rings. The van der Waals surface area contributed by atoms with Crippen molar-refractivity contribution in [2.75, 3.05) is 19.6 Å². The van der Waals surface area contributed by atoms with Crippen LogP contribution in [0.15, 0.2) is 24.5 Å². The molecule has 1 saturated heterocycles. The lowest BCUT2D eigenvalue weighted by molar-refractivity contribution is 0.255. The summed E-state index contributed by atoms with van der Waals surface area (Å²) in [5.74, 6) is 0. The number of pyridine rings is 1. The molecule has 0 unspecified atom stereocenters. The van der Waals surface area contributed by atoms with E-state index in [1.165, 1.54) is 24.9 Å². The molecule has 0 aromatic carbocycles. The van der Waals surface area contributed by atoms with Gasteiger partial charge in [0.1, 0.15) is 0 Å². The second-order valence-corrected chi connectivity index (χ2v) is 4.12. The van der Waals surface area contributed by atoms with Crippen molar-refractivity contribution in [2.45, 2.75) is 25.3 Å². The first-order valence-corrected chi connectivity index (χ1v) is 5.76. The highest BCUT2D eigenvalue weighted by atomic mass is 15.2. The molecule has 0 bridgehead atoms. The van der Waals surface area contributed by atoms with Gasteiger partial charge in [0.25, 0.3) is 0 Å². The molecule has 1 fully saturated rings. The minimum Gasteiger partial charge on any atom is -0.330 e. The number of nitrogens with two attached hydrogens (primary N) is 1. The van der Waals surface area contributed by atoms with Gasteiger partial charge in [0.05, 0.1) is 0 Å². The van der Waals surface area contributed by atoms with Crippen molar-refractivity contribution in [1.29, 1.82) is 0 Å². The van der Waals surface area contributed by atoms with Gasteiger partial charge in [0.15, 0.2) is 0 Å². The molecule has 0 spiro atoms. The average Bonchev–Trinajstić information content (AvgIpc) is 2.75. The number of nitrogens with zero attached hydrogens (tertiary/aromatic N) is 2. The molecule has 2 N–H and O–H groups in total. The van der Waals surface area contributed by atoms with Crippen molar-refractivity contribution in [3.63, 3.8) is 0 Å². The Hall–Kier alpha value is -0.930. The van der Waals surface area contributed by atoms with Gasteiger partial charge in [0.2, 0.25) is 0 Å². The summed E-state index contributed by atoms with van der Waals surface area (Å²) in [6, 6.07) is 4.78. The average molecular weight is 205 g/mol. The van der Waals surface area contributed by atoms with E-state index in [9.17, 15) is 0 Å². The molecule has 1 aromatic rings. The van der Waals surface area contributed by atoms with Crippen molar-refractivity contribution < 1.29 is 0 Å². The first-order chi connectivity index (χ1) is 7.42. The summed E-state index contributed by atoms with van der Waals surface area (Å²) < 4.78 is 0. The van der Waals surface area contributed by atoms with Crippen LogP contribution in [0.4, 0.5) is 0 Å². The number of rotatable bonds is 4. The van der Waals surface area contributed by atoms with Crippen molar-refractivity contribution in [3.8, 4) is 0 Å². The van der Waals surface area contributed by atoms with E-state index in [1.54, 1.807) is 0 Å². The maximum Gasteiger partial charge on any atom is 0.0363 e. The van der Waals surface area contributed by atoms with Crippen molar-refractivity contribution >= 4 is 0 Å². The molecule has 0 aliphatic carbocycles. The van der Waals surface area contributed by atoms with Gasteiger partial charge in [-0.05, 0) is 50.5 Å². The largest absolute Gasteiger partial charge is 0.330 e. The van der Waals surface area contributed by atoms with E-state index in [0.717, 1.165) is 19.5 Å². The van der Waals surface area contributed by atoms with Crippen LogP contribution < -0.4 is 5.73 Å². The molecule has 1 aliphatic heterocycles. The fourth-order valence-electron chi connectivity index (χ4n) is 2.34. The molecule has 0 amide bonds. The second-order valence-electron chi connectivity index (χ2n) is 4.12. The molecule has 3 nitrogen and oxygen atoms in total. The smallest absolute Gasteiger partial charge is 0.0363 e. The third-order valence-corrected chi connectivity index (χ3v) is 3.08. The van der Waals surface area contributed by atoms with Gasteiger partial charge >= 0.3 is 0 Å². The van der Waals surface area contributed by atoms with Gasteiger partial charge in [-0.2, -0.15) is 0 Å². The van der Waals surface area contributed by atoms with Crippen LogP contribution in [0.3, 0.4) is 0 Å². The maximum absolute atomic E-state index is 5.55. The summed E-state index contributed by atoms with van der Waals surface area (Å²) in [4.78, 5) is 6.72. The Morgan fingerprint density at radius 3 is 3.20 bits per heavy atom. The minimum absolute atomic E-state index is 0.574. The van der Waals surface area contributed by atoms with E-state index in [-0.39, 0.29) is 0 Å². The Morgan fingerprint density at radius 1 is 1.53 bits per heavy atom. The summed E-state index contributed by atoms with van der Waals surface area (Å²) in [5, 5.41) is 0. The zero-order valence-corrected chi connectivity index (χ0v) is 9.10. The number of hydrogen-bond acceptors (Lipinski definition) is 3. The molecule has 1 aromatic heterocycles. The Kier molecular flexibility index (Phi) is 3.69. The molecule has 1 atom stereocenters. The predicted molar refractivity (Wildman–Crippen MR) is 61.5 cm³/mol. The van der Waals surface area contributed by atoms with Crippen LogP contribution in [0.25, 0.3) is 0 Å². The van der Waals surface area contributed by atoms with Gasteiger partial charge < -0.3 is 5.73 Å². The van der Waals surface area contributed by atoms with Gasteiger partial charge in [-0.15, -0.1) is 0 Å². The van der Waals surface area contributed by atoms with E-state index >= 15 is 0 Å². The highest BCUT2D eigenvalue weighted by Crippen LogP contribution is 2.30. The third kappa shape index (κ3) is 2.55. The summed E-state index contributed by atoms with van der Waals surface area (Å²) in [6.07, 6.45) is 7.48. The van der Waals surface area contributed by atoms with Crippen LogP contribution in [0.1, 0.15) is 30.9 Å². The first-order valence-electron chi connectivity index (χ1n) is 5.76. The van der Waals surface area contributed by atoms with Crippen molar-refractivity contribution in [2.24, 2.45) is 5.73 Å². The lowest BCUT2D eigenvalue weighted by atomic mass is 10.1. The number of likely N-dealkylation sites (tertiary alicyclic amines) is 1. The zero-order valence-electron chi connectivity index (χ0n) is 9.10. The fourth-order valence-corrected chi connectivity index (χ4v) is 2.34. The fraction of sp³-hybridized carbons (Fsp3) is 0.583. The van der Waals surface area contributed by atoms with E-state index in [0.29, 0.717) is 6.04 Å². The van der Waals surface area contributed by atoms with Gasteiger partial charge in [-0.1, -0.05) is 6.07 Å². The minimum atomic E-state index is 0.574. The third-order valence-electron chi connectivity index (χ3n) is 3.08. The Labute approximate surface area is 91.3 Å². The van der Waals surface area contributed by atoms with E-state index < -0.39 is 0 Å². The first kappa shape index (κ1) is 10.6. The Bertz CT molecular complexity index is 286. The highest BCUT2D eigenvalue weighted by Gasteiger charge is 2.24. The molecule has 3 heteroatoms. The van der Waals surface area contributed by atoms with Gasteiger partial charge in [0, 0.05) is 18.4 Å². The van der Waals surface area contributed by atoms with Crippen LogP contribution in [0.5, 0.6) is 0 Å². The van der Waals surface area contributed by atoms with E-state index in [2.05, 4.69) is 16.0 Å². The summed E-state index contributed by atoms with van der Waals surface area (Å²) in [6.45, 7) is 3.12. The summed E-state index contributed by atoms with van der Waals surface area (Å²) >= 11 is 0.